The van der Waals surface area contributed by atoms with Crippen molar-refractivity contribution in [1.82, 2.24) is 9.55 Å². The van der Waals surface area contributed by atoms with Crippen molar-refractivity contribution in [3.05, 3.63) is 96.1 Å². The molecular formula is C24H24N2O2S. The number of imidazole rings is 1. The summed E-state index contributed by atoms with van der Waals surface area (Å²) >= 11 is 0. The molecule has 1 aromatic heterocycles. The Bertz CT molecular complexity index is 1200. The lowest BCUT2D eigenvalue weighted by Gasteiger charge is -2.18. The number of rotatable bonds is 7. The molecule has 0 amide bonds. The first kappa shape index (κ1) is 19.4. The van der Waals surface area contributed by atoms with Gasteiger partial charge in [0.05, 0.1) is 22.8 Å². The summed E-state index contributed by atoms with van der Waals surface area (Å²) in [5.74, 6) is 0. The van der Waals surface area contributed by atoms with Crippen LogP contribution in [-0.4, -0.2) is 18.0 Å². The van der Waals surface area contributed by atoms with Crippen LogP contribution in [0, 0.1) is 0 Å². The second-order valence-electron chi connectivity index (χ2n) is 7.19. The molecule has 0 N–H and O–H groups in total. The fourth-order valence-corrected chi connectivity index (χ4v) is 5.76. The highest BCUT2D eigenvalue weighted by Gasteiger charge is 2.33. The van der Waals surface area contributed by atoms with Crippen molar-refractivity contribution >= 4 is 20.9 Å². The number of fused-ring (bicyclic) bond motifs is 1. The Labute approximate surface area is 171 Å². The largest absolute Gasteiger partial charge is 0.310 e. The molecule has 0 saturated heterocycles. The van der Waals surface area contributed by atoms with E-state index in [1.807, 2.05) is 96.4 Å². The van der Waals surface area contributed by atoms with E-state index in [9.17, 15) is 8.42 Å². The van der Waals surface area contributed by atoms with Crippen LogP contribution in [0.25, 0.3) is 11.0 Å². The van der Waals surface area contributed by atoms with Crippen LogP contribution in [0.1, 0.15) is 36.1 Å². The Kier molecular flexibility index (Phi) is 5.49. The van der Waals surface area contributed by atoms with Crippen molar-refractivity contribution in [3.63, 3.8) is 0 Å². The minimum atomic E-state index is -3.68. The van der Waals surface area contributed by atoms with E-state index in [0.717, 1.165) is 23.1 Å². The molecule has 0 radical (unpaired) electrons. The van der Waals surface area contributed by atoms with Crippen LogP contribution in [0.5, 0.6) is 0 Å². The van der Waals surface area contributed by atoms with Crippen molar-refractivity contribution in [2.45, 2.75) is 36.7 Å². The van der Waals surface area contributed by atoms with Gasteiger partial charge in [0, 0.05) is 0 Å². The molecule has 29 heavy (non-hydrogen) atoms. The number of sulfone groups is 1. The van der Waals surface area contributed by atoms with Gasteiger partial charge in [0.25, 0.3) is 0 Å². The molecule has 3 aromatic carbocycles. The van der Waals surface area contributed by atoms with Gasteiger partial charge in [-0.1, -0.05) is 86.1 Å². The molecule has 0 saturated carbocycles. The Morgan fingerprint density at radius 2 is 1.48 bits per heavy atom. The summed E-state index contributed by atoms with van der Waals surface area (Å²) in [6, 6.07) is 27.0. The zero-order valence-electron chi connectivity index (χ0n) is 16.4. The van der Waals surface area contributed by atoms with E-state index < -0.39 is 15.1 Å². The van der Waals surface area contributed by atoms with Gasteiger partial charge in [-0.15, -0.1) is 0 Å². The summed E-state index contributed by atoms with van der Waals surface area (Å²) in [6.07, 6.45) is 1.33. The first-order chi connectivity index (χ1) is 14.1. The number of aromatic nitrogens is 2. The Hall–Kier alpha value is -2.92. The van der Waals surface area contributed by atoms with Crippen LogP contribution in [0.4, 0.5) is 0 Å². The molecule has 0 aliphatic carbocycles. The molecule has 4 rings (SSSR count). The average Bonchev–Trinajstić information content (AvgIpc) is 3.13. The van der Waals surface area contributed by atoms with E-state index >= 15 is 0 Å². The predicted molar refractivity (Wildman–Crippen MR) is 117 cm³/mol. The molecule has 4 aromatic rings. The van der Waals surface area contributed by atoms with Gasteiger partial charge in [-0.3, -0.25) is 0 Å². The number of benzene rings is 3. The van der Waals surface area contributed by atoms with Crippen molar-refractivity contribution < 1.29 is 8.42 Å². The molecule has 5 heteroatoms. The standard InChI is InChI=1S/C24H24N2O2S/c1-2-11-23(20-14-7-4-8-15-20)29(27,28)24-25-21-16-9-10-17-22(21)26(24)18-19-12-5-3-6-13-19/h3-10,12-17,23H,2,11,18H2,1H3/t23-/m1/s1. The van der Waals surface area contributed by atoms with Crippen LogP contribution in [0.2, 0.25) is 0 Å². The maximum absolute atomic E-state index is 13.8. The monoisotopic (exact) mass is 404 g/mol. The van der Waals surface area contributed by atoms with Gasteiger partial charge in [-0.05, 0) is 29.7 Å². The molecular weight excluding hydrogens is 380 g/mol. The Morgan fingerprint density at radius 1 is 0.862 bits per heavy atom. The summed E-state index contributed by atoms with van der Waals surface area (Å²) < 4.78 is 29.5. The van der Waals surface area contributed by atoms with Gasteiger partial charge in [-0.25, -0.2) is 13.4 Å². The molecule has 0 aliphatic rings. The lowest BCUT2D eigenvalue weighted by molar-refractivity contribution is 0.554. The zero-order valence-corrected chi connectivity index (χ0v) is 17.2. The summed E-state index contributed by atoms with van der Waals surface area (Å²) in [5, 5.41) is -0.468. The lowest BCUT2D eigenvalue weighted by atomic mass is 10.1. The minimum Gasteiger partial charge on any atom is -0.310 e. The van der Waals surface area contributed by atoms with Gasteiger partial charge >= 0.3 is 0 Å². The number of nitrogens with zero attached hydrogens (tertiary/aromatic N) is 2. The van der Waals surface area contributed by atoms with E-state index in [-0.39, 0.29) is 5.16 Å². The Morgan fingerprint density at radius 3 is 2.17 bits per heavy atom. The Balaban J connectivity index is 1.88. The van der Waals surface area contributed by atoms with Crippen LogP contribution in [-0.2, 0) is 16.4 Å². The van der Waals surface area contributed by atoms with Crippen LogP contribution < -0.4 is 0 Å². The predicted octanol–water partition coefficient (Wildman–Crippen LogP) is 5.40. The highest BCUT2D eigenvalue weighted by molar-refractivity contribution is 7.91. The molecule has 4 nitrogen and oxygen atoms in total. The highest BCUT2D eigenvalue weighted by atomic mass is 32.2. The number of para-hydroxylation sites is 2. The molecule has 0 spiro atoms. The fourth-order valence-electron chi connectivity index (χ4n) is 3.75. The van der Waals surface area contributed by atoms with Gasteiger partial charge in [-0.2, -0.15) is 0 Å². The van der Waals surface area contributed by atoms with Gasteiger partial charge in [0.15, 0.2) is 0 Å². The maximum atomic E-state index is 13.8. The van der Waals surface area contributed by atoms with Gasteiger partial charge < -0.3 is 4.57 Å². The maximum Gasteiger partial charge on any atom is 0.229 e. The minimum absolute atomic E-state index is 0.143. The molecule has 148 valence electrons. The highest BCUT2D eigenvalue weighted by Crippen LogP contribution is 2.34. The van der Waals surface area contributed by atoms with Crippen LogP contribution in [0.15, 0.2) is 90.1 Å². The molecule has 1 heterocycles. The third-order valence-electron chi connectivity index (χ3n) is 5.15. The van der Waals surface area contributed by atoms with Crippen LogP contribution >= 0.6 is 0 Å². The lowest BCUT2D eigenvalue weighted by Crippen LogP contribution is -2.19. The van der Waals surface area contributed by atoms with E-state index in [2.05, 4.69) is 4.98 Å². The van der Waals surface area contributed by atoms with E-state index in [4.69, 9.17) is 0 Å². The third kappa shape index (κ3) is 3.83. The van der Waals surface area contributed by atoms with Crippen molar-refractivity contribution in [3.8, 4) is 0 Å². The average molecular weight is 405 g/mol. The van der Waals surface area contributed by atoms with Gasteiger partial charge in [0.1, 0.15) is 0 Å². The van der Waals surface area contributed by atoms with Crippen molar-refractivity contribution in [2.75, 3.05) is 0 Å². The quantitative estimate of drug-likeness (QED) is 0.414. The normalized spacial score (nSPS) is 12.9. The smallest absolute Gasteiger partial charge is 0.229 e. The molecule has 0 aliphatic heterocycles. The topological polar surface area (TPSA) is 52.0 Å². The molecule has 0 bridgehead atoms. The summed E-state index contributed by atoms with van der Waals surface area (Å²) in [4.78, 5) is 4.58. The summed E-state index contributed by atoms with van der Waals surface area (Å²) in [5.41, 5.74) is 3.38. The molecule has 0 unspecified atom stereocenters. The molecule has 0 fully saturated rings. The van der Waals surface area contributed by atoms with Crippen molar-refractivity contribution in [2.24, 2.45) is 0 Å². The van der Waals surface area contributed by atoms with E-state index in [1.54, 1.807) is 0 Å². The van der Waals surface area contributed by atoms with E-state index in [1.165, 1.54) is 0 Å². The number of hydrogen-bond donors (Lipinski definition) is 0. The van der Waals surface area contributed by atoms with Gasteiger partial charge in [0.2, 0.25) is 15.0 Å². The second kappa shape index (κ2) is 8.21. The third-order valence-corrected chi connectivity index (χ3v) is 7.23. The second-order valence-corrected chi connectivity index (χ2v) is 9.21. The summed E-state index contributed by atoms with van der Waals surface area (Å²) in [7, 11) is -3.68. The SMILES string of the molecule is CCC[C@H](c1ccccc1)S(=O)(=O)c1nc2ccccc2n1Cc1ccccc1. The zero-order chi connectivity index (χ0) is 20.3. The van der Waals surface area contributed by atoms with E-state index in [0.29, 0.717) is 18.5 Å². The number of hydrogen-bond acceptors (Lipinski definition) is 3. The summed E-state index contributed by atoms with van der Waals surface area (Å²) in [6.45, 7) is 2.47. The molecule has 1 atom stereocenters. The van der Waals surface area contributed by atoms with Crippen LogP contribution in [0.3, 0.4) is 0 Å². The fraction of sp³-hybridized carbons (Fsp3) is 0.208. The first-order valence-electron chi connectivity index (χ1n) is 9.89. The first-order valence-corrected chi connectivity index (χ1v) is 11.4. The van der Waals surface area contributed by atoms with Crippen molar-refractivity contribution in [1.29, 1.82) is 0 Å².